The van der Waals surface area contributed by atoms with Crippen molar-refractivity contribution < 1.29 is 23.9 Å². The third kappa shape index (κ3) is 3.43. The lowest BCUT2D eigenvalue weighted by molar-refractivity contribution is -0.137. The van der Waals surface area contributed by atoms with Gasteiger partial charge in [0, 0.05) is 43.9 Å². The van der Waals surface area contributed by atoms with Crippen LogP contribution in [0.15, 0.2) is 47.2 Å². The van der Waals surface area contributed by atoms with E-state index in [4.69, 9.17) is 9.47 Å². The maximum atomic E-state index is 12.9. The number of methoxy groups -OCH3 is 1. The Hall–Kier alpha value is -2.77. The number of benzene rings is 1. The molecule has 1 amide bonds. The fraction of sp³-hybridized carbons (Fsp3) is 0.350. The van der Waals surface area contributed by atoms with Crippen LogP contribution in [0.3, 0.4) is 0 Å². The van der Waals surface area contributed by atoms with E-state index in [1.165, 1.54) is 18.1 Å². The number of Topliss-reactive ketones (excluding diaryl/α,β-unsaturated/α-hetero) is 2. The molecular formula is C20H22N2O5. The first kappa shape index (κ1) is 19.0. The highest BCUT2D eigenvalue weighted by atomic mass is 16.7. The quantitative estimate of drug-likeness (QED) is 0.777. The third-order valence-electron chi connectivity index (χ3n) is 4.60. The second-order valence-corrected chi connectivity index (χ2v) is 6.76. The molecule has 1 aliphatic heterocycles. The monoisotopic (exact) mass is 370 g/mol. The largest absolute Gasteiger partial charge is 0.455 e. The summed E-state index contributed by atoms with van der Waals surface area (Å²) in [7, 11) is 6.86. The summed E-state index contributed by atoms with van der Waals surface area (Å²) in [5, 5.41) is 0. The fourth-order valence-corrected chi connectivity index (χ4v) is 3.05. The van der Waals surface area contributed by atoms with Gasteiger partial charge in [0.1, 0.15) is 0 Å². The number of amides is 1. The summed E-state index contributed by atoms with van der Waals surface area (Å²) in [5.74, 6) is -1.02. The number of likely N-dealkylation sites (N-methyl/N-ethyl adjacent to an activating group) is 2. The van der Waals surface area contributed by atoms with Gasteiger partial charge in [0.05, 0.1) is 5.57 Å². The topological polar surface area (TPSA) is 76.2 Å². The molecule has 1 atom stereocenters. The molecule has 2 aliphatic rings. The predicted octanol–water partition coefficient (Wildman–Crippen LogP) is 1.27. The van der Waals surface area contributed by atoms with Gasteiger partial charge in [-0.3, -0.25) is 14.4 Å². The first-order chi connectivity index (χ1) is 12.8. The van der Waals surface area contributed by atoms with Crippen LogP contribution in [0.1, 0.15) is 20.7 Å². The van der Waals surface area contributed by atoms with E-state index in [1.54, 1.807) is 31.3 Å². The molecule has 0 bridgehead atoms. The Bertz CT molecular complexity index is 869. The fourth-order valence-electron chi connectivity index (χ4n) is 3.05. The minimum atomic E-state index is -1.10. The Morgan fingerprint density at radius 3 is 2.30 bits per heavy atom. The van der Waals surface area contributed by atoms with Crippen LogP contribution in [-0.2, 0) is 14.3 Å². The first-order valence-corrected chi connectivity index (χ1v) is 8.59. The molecule has 0 spiro atoms. The van der Waals surface area contributed by atoms with Crippen molar-refractivity contribution in [2.45, 2.75) is 6.29 Å². The predicted molar refractivity (Wildman–Crippen MR) is 98.3 cm³/mol. The molecule has 1 heterocycles. The summed E-state index contributed by atoms with van der Waals surface area (Å²) >= 11 is 0. The number of ether oxygens (including phenoxy) is 2. The van der Waals surface area contributed by atoms with Gasteiger partial charge in [-0.05, 0) is 20.2 Å². The van der Waals surface area contributed by atoms with Gasteiger partial charge in [0.25, 0.3) is 5.91 Å². The Kier molecular flexibility index (Phi) is 5.25. The molecule has 27 heavy (non-hydrogen) atoms. The number of allylic oxidation sites excluding steroid dienone is 2. The highest BCUT2D eigenvalue weighted by Crippen LogP contribution is 2.34. The minimum Gasteiger partial charge on any atom is -0.455 e. The van der Waals surface area contributed by atoms with Gasteiger partial charge in [0.15, 0.2) is 17.3 Å². The van der Waals surface area contributed by atoms with E-state index in [0.717, 1.165) is 0 Å². The molecular weight excluding hydrogens is 348 g/mol. The average molecular weight is 370 g/mol. The zero-order valence-electron chi connectivity index (χ0n) is 15.8. The van der Waals surface area contributed by atoms with Gasteiger partial charge in [-0.1, -0.05) is 24.3 Å². The standard InChI is InChI=1S/C20H22N2O5/c1-21(2)9-10-22(3)19(25)15-11-14-16(20(26-4)27-15)18(24)13-8-6-5-7-12(13)17(14)23/h5-8,11,20H,9-10H2,1-4H3. The van der Waals surface area contributed by atoms with Gasteiger partial charge in [-0.15, -0.1) is 0 Å². The molecule has 0 saturated heterocycles. The second kappa shape index (κ2) is 7.46. The summed E-state index contributed by atoms with van der Waals surface area (Å²) in [6.07, 6.45) is 0.256. The van der Waals surface area contributed by atoms with Crippen LogP contribution in [0, 0.1) is 0 Å². The molecule has 0 N–H and O–H groups in total. The lowest BCUT2D eigenvalue weighted by Gasteiger charge is -2.31. The lowest BCUT2D eigenvalue weighted by atomic mass is 9.82. The summed E-state index contributed by atoms with van der Waals surface area (Å²) in [6, 6.07) is 6.61. The smallest absolute Gasteiger partial charge is 0.288 e. The molecule has 1 aromatic rings. The van der Waals surface area contributed by atoms with Crippen molar-refractivity contribution in [3.05, 3.63) is 58.4 Å². The van der Waals surface area contributed by atoms with Gasteiger partial charge in [0.2, 0.25) is 6.29 Å². The van der Waals surface area contributed by atoms with Gasteiger partial charge in [-0.25, -0.2) is 0 Å². The summed E-state index contributed by atoms with van der Waals surface area (Å²) < 4.78 is 10.9. The number of carbonyl (C=O) groups is 3. The van der Waals surface area contributed by atoms with E-state index < -0.39 is 6.29 Å². The molecule has 0 saturated carbocycles. The van der Waals surface area contributed by atoms with E-state index >= 15 is 0 Å². The molecule has 1 unspecified atom stereocenters. The van der Waals surface area contributed by atoms with Crippen LogP contribution < -0.4 is 0 Å². The zero-order chi connectivity index (χ0) is 19.7. The molecule has 7 heteroatoms. The molecule has 7 nitrogen and oxygen atoms in total. The summed E-state index contributed by atoms with van der Waals surface area (Å²) in [4.78, 5) is 42.0. The molecule has 1 aliphatic carbocycles. The Morgan fingerprint density at radius 2 is 1.70 bits per heavy atom. The van der Waals surface area contributed by atoms with E-state index in [0.29, 0.717) is 24.2 Å². The maximum absolute atomic E-state index is 12.9. The van der Waals surface area contributed by atoms with Crippen molar-refractivity contribution in [3.8, 4) is 0 Å². The SMILES string of the molecule is COC1OC(C(=O)N(C)CCN(C)C)=CC2=C1C(=O)c1ccccc1C2=O. The normalized spacial score (nSPS) is 18.7. The number of carbonyl (C=O) groups excluding carboxylic acids is 3. The highest BCUT2D eigenvalue weighted by Gasteiger charge is 2.40. The van der Waals surface area contributed by atoms with Crippen molar-refractivity contribution >= 4 is 17.5 Å². The number of ketones is 2. The highest BCUT2D eigenvalue weighted by molar-refractivity contribution is 6.28. The lowest BCUT2D eigenvalue weighted by Crippen LogP contribution is -2.39. The van der Waals surface area contributed by atoms with E-state index in [-0.39, 0.29) is 34.4 Å². The number of rotatable bonds is 5. The molecule has 1 aromatic carbocycles. The van der Waals surface area contributed by atoms with Crippen LogP contribution in [0.25, 0.3) is 0 Å². The van der Waals surface area contributed by atoms with Crippen LogP contribution in [0.4, 0.5) is 0 Å². The molecule has 0 aromatic heterocycles. The van der Waals surface area contributed by atoms with E-state index in [1.807, 2.05) is 19.0 Å². The zero-order valence-corrected chi connectivity index (χ0v) is 15.8. The van der Waals surface area contributed by atoms with E-state index in [9.17, 15) is 14.4 Å². The number of hydrogen-bond donors (Lipinski definition) is 0. The number of fused-ring (bicyclic) bond motifs is 1. The average Bonchev–Trinajstić information content (AvgIpc) is 2.68. The first-order valence-electron chi connectivity index (χ1n) is 8.59. The summed E-state index contributed by atoms with van der Waals surface area (Å²) in [6.45, 7) is 1.17. The Morgan fingerprint density at radius 1 is 1.07 bits per heavy atom. The number of hydrogen-bond acceptors (Lipinski definition) is 6. The molecule has 3 rings (SSSR count). The van der Waals surface area contributed by atoms with E-state index in [2.05, 4.69) is 0 Å². The minimum absolute atomic E-state index is 0.0117. The Labute approximate surface area is 157 Å². The van der Waals surface area contributed by atoms with Gasteiger partial charge in [-0.2, -0.15) is 0 Å². The van der Waals surface area contributed by atoms with Crippen molar-refractivity contribution in [1.29, 1.82) is 0 Å². The second-order valence-electron chi connectivity index (χ2n) is 6.76. The van der Waals surface area contributed by atoms with Gasteiger partial charge >= 0.3 is 0 Å². The van der Waals surface area contributed by atoms with Crippen LogP contribution in [0.2, 0.25) is 0 Å². The van der Waals surface area contributed by atoms with Crippen LogP contribution in [0.5, 0.6) is 0 Å². The van der Waals surface area contributed by atoms with Gasteiger partial charge < -0.3 is 19.3 Å². The summed E-state index contributed by atoms with van der Waals surface area (Å²) in [5.41, 5.74) is 0.926. The van der Waals surface area contributed by atoms with Crippen LogP contribution >= 0.6 is 0 Å². The van der Waals surface area contributed by atoms with Crippen molar-refractivity contribution in [2.75, 3.05) is 41.3 Å². The number of nitrogens with zero attached hydrogens (tertiary/aromatic N) is 2. The third-order valence-corrected chi connectivity index (χ3v) is 4.60. The van der Waals surface area contributed by atoms with Crippen molar-refractivity contribution in [3.63, 3.8) is 0 Å². The Balaban J connectivity index is 1.98. The van der Waals surface area contributed by atoms with Crippen LogP contribution in [-0.4, -0.2) is 74.9 Å². The molecule has 0 fully saturated rings. The van der Waals surface area contributed by atoms with Crippen molar-refractivity contribution in [1.82, 2.24) is 9.80 Å². The maximum Gasteiger partial charge on any atom is 0.288 e. The molecule has 142 valence electrons. The molecule has 0 radical (unpaired) electrons. The van der Waals surface area contributed by atoms with Crippen molar-refractivity contribution in [2.24, 2.45) is 0 Å².